The average molecular weight is 269 g/mol. The second-order valence-electron chi connectivity index (χ2n) is 3.57. The van der Waals surface area contributed by atoms with Crippen LogP contribution in [-0.2, 0) is 6.42 Å². The predicted octanol–water partition coefficient (Wildman–Crippen LogP) is 1.47. The van der Waals surface area contributed by atoms with E-state index in [1.54, 1.807) is 6.92 Å². The molecule has 0 atom stereocenters. The van der Waals surface area contributed by atoms with E-state index in [4.69, 9.17) is 15.0 Å². The number of aryl methyl sites for hydroxylation is 1. The van der Waals surface area contributed by atoms with Gasteiger partial charge in [-0.15, -0.1) is 0 Å². The van der Waals surface area contributed by atoms with Gasteiger partial charge in [0.1, 0.15) is 0 Å². The molecule has 2 rings (SSSR count). The lowest BCUT2D eigenvalue weighted by Crippen LogP contribution is -2.06. The zero-order chi connectivity index (χ0) is 13.0. The zero-order valence-corrected chi connectivity index (χ0v) is 11.1. The molecule has 0 aliphatic heterocycles. The number of hydrogen-bond donors (Lipinski definition) is 2. The summed E-state index contributed by atoms with van der Waals surface area (Å²) in [5.74, 6) is 2.28. The van der Waals surface area contributed by atoms with Crippen LogP contribution in [0.1, 0.15) is 18.6 Å². The highest BCUT2D eigenvalue weighted by atomic mass is 32.1. The number of anilines is 2. The van der Waals surface area contributed by atoms with Gasteiger partial charge in [0.25, 0.3) is 0 Å². The molecule has 0 aliphatic carbocycles. The molecule has 2 aromatic heterocycles. The number of hydrogen-bond acceptors (Lipinski definition) is 8. The van der Waals surface area contributed by atoms with Crippen LogP contribution in [0.25, 0.3) is 0 Å². The highest BCUT2D eigenvalue weighted by Crippen LogP contribution is 2.34. The van der Waals surface area contributed by atoms with Crippen LogP contribution >= 0.6 is 11.5 Å². The quantitative estimate of drug-likeness (QED) is 0.819. The molecule has 0 fully saturated rings. The van der Waals surface area contributed by atoms with Crippen molar-refractivity contribution in [2.75, 3.05) is 24.2 Å². The molecule has 0 saturated carbocycles. The van der Waals surface area contributed by atoms with Crippen molar-refractivity contribution in [2.45, 2.75) is 20.3 Å². The monoisotopic (exact) mass is 269 g/mol. The fourth-order valence-electron chi connectivity index (χ4n) is 1.41. The molecule has 0 aliphatic rings. The Balaban J connectivity index is 1.90. The van der Waals surface area contributed by atoms with Gasteiger partial charge in [-0.3, -0.25) is 0 Å². The Labute approximate surface area is 109 Å². The molecule has 2 aromatic rings. The van der Waals surface area contributed by atoms with E-state index < -0.39 is 0 Å². The first-order chi connectivity index (χ1) is 8.70. The van der Waals surface area contributed by atoms with Crippen LogP contribution in [0.4, 0.5) is 10.8 Å². The Hall–Kier alpha value is -1.83. The number of nitrogens with one attached hydrogen (secondary N) is 1. The van der Waals surface area contributed by atoms with Crippen LogP contribution in [0.5, 0.6) is 5.75 Å². The molecule has 0 spiro atoms. The largest absolute Gasteiger partial charge is 0.487 e. The molecule has 0 saturated heterocycles. The van der Waals surface area contributed by atoms with Crippen molar-refractivity contribution < 1.29 is 9.26 Å². The molecule has 18 heavy (non-hydrogen) atoms. The number of nitrogens with two attached hydrogens (primary N) is 1. The molecule has 0 amide bonds. The molecule has 0 bridgehead atoms. The summed E-state index contributed by atoms with van der Waals surface area (Å²) in [6.45, 7) is 4.91. The summed E-state index contributed by atoms with van der Waals surface area (Å²) in [4.78, 5) is 4.12. The first-order valence-corrected chi connectivity index (χ1v) is 6.39. The van der Waals surface area contributed by atoms with E-state index in [-0.39, 0.29) is 0 Å². The lowest BCUT2D eigenvalue weighted by atomic mass is 10.4. The molecular weight excluding hydrogens is 254 g/mol. The SMILES string of the molecule is CCOc1c(N)nsc1NCCc1nc(C)no1. The molecule has 8 heteroatoms. The van der Waals surface area contributed by atoms with Crippen molar-refractivity contribution in [1.82, 2.24) is 14.5 Å². The predicted molar refractivity (Wildman–Crippen MR) is 68.9 cm³/mol. The Morgan fingerprint density at radius 2 is 2.33 bits per heavy atom. The van der Waals surface area contributed by atoms with E-state index in [1.807, 2.05) is 6.92 Å². The first-order valence-electron chi connectivity index (χ1n) is 5.61. The van der Waals surface area contributed by atoms with Crippen LogP contribution in [0, 0.1) is 6.92 Å². The third-order valence-electron chi connectivity index (χ3n) is 2.16. The van der Waals surface area contributed by atoms with Crippen molar-refractivity contribution in [3.8, 4) is 5.75 Å². The minimum absolute atomic E-state index is 0.415. The van der Waals surface area contributed by atoms with Crippen molar-refractivity contribution in [3.05, 3.63) is 11.7 Å². The fraction of sp³-hybridized carbons (Fsp3) is 0.500. The van der Waals surface area contributed by atoms with Crippen molar-refractivity contribution in [1.29, 1.82) is 0 Å². The summed E-state index contributed by atoms with van der Waals surface area (Å²) in [6, 6.07) is 0. The Morgan fingerprint density at radius 3 is 3.00 bits per heavy atom. The highest BCUT2D eigenvalue weighted by Gasteiger charge is 2.12. The van der Waals surface area contributed by atoms with Crippen LogP contribution in [0.15, 0.2) is 4.52 Å². The van der Waals surface area contributed by atoms with Crippen molar-refractivity contribution >= 4 is 22.4 Å². The number of nitrogen functional groups attached to an aromatic ring is 1. The van der Waals surface area contributed by atoms with Gasteiger partial charge in [0, 0.05) is 13.0 Å². The van der Waals surface area contributed by atoms with Gasteiger partial charge in [0.15, 0.2) is 22.4 Å². The number of rotatable bonds is 6. The molecule has 0 unspecified atom stereocenters. The number of nitrogens with zero attached hydrogens (tertiary/aromatic N) is 3. The Kier molecular flexibility index (Phi) is 3.98. The maximum absolute atomic E-state index is 5.71. The van der Waals surface area contributed by atoms with E-state index in [2.05, 4.69) is 19.8 Å². The summed E-state index contributed by atoms with van der Waals surface area (Å²) >= 11 is 1.28. The van der Waals surface area contributed by atoms with E-state index in [1.165, 1.54) is 11.5 Å². The summed E-state index contributed by atoms with van der Waals surface area (Å²) in [6.07, 6.45) is 0.643. The van der Waals surface area contributed by atoms with Gasteiger partial charge in [0.05, 0.1) is 6.61 Å². The average Bonchev–Trinajstić information content (AvgIpc) is 2.90. The molecule has 0 radical (unpaired) electrons. The Morgan fingerprint density at radius 1 is 1.50 bits per heavy atom. The second kappa shape index (κ2) is 5.67. The molecular formula is C10H15N5O2S. The minimum atomic E-state index is 0.415. The van der Waals surface area contributed by atoms with E-state index >= 15 is 0 Å². The normalized spacial score (nSPS) is 10.6. The maximum atomic E-state index is 5.71. The number of aromatic nitrogens is 3. The van der Waals surface area contributed by atoms with Gasteiger partial charge in [-0.05, 0) is 25.4 Å². The molecule has 2 heterocycles. The fourth-order valence-corrected chi connectivity index (χ4v) is 2.10. The van der Waals surface area contributed by atoms with E-state index in [0.717, 1.165) is 5.00 Å². The Bertz CT molecular complexity index is 510. The van der Waals surface area contributed by atoms with Crippen LogP contribution in [0.3, 0.4) is 0 Å². The summed E-state index contributed by atoms with van der Waals surface area (Å²) in [5, 5.41) is 7.75. The highest BCUT2D eigenvalue weighted by molar-refractivity contribution is 7.11. The van der Waals surface area contributed by atoms with Crippen molar-refractivity contribution in [2.24, 2.45) is 0 Å². The van der Waals surface area contributed by atoms with E-state index in [9.17, 15) is 0 Å². The lowest BCUT2D eigenvalue weighted by Gasteiger charge is -2.06. The van der Waals surface area contributed by atoms with Gasteiger partial charge in [-0.25, -0.2) is 0 Å². The van der Waals surface area contributed by atoms with Gasteiger partial charge < -0.3 is 20.3 Å². The lowest BCUT2D eigenvalue weighted by molar-refractivity contribution is 0.344. The van der Waals surface area contributed by atoms with Crippen molar-refractivity contribution in [3.63, 3.8) is 0 Å². The van der Waals surface area contributed by atoms with Crippen LogP contribution < -0.4 is 15.8 Å². The van der Waals surface area contributed by atoms with Gasteiger partial charge in [0.2, 0.25) is 5.89 Å². The molecule has 0 aromatic carbocycles. The summed E-state index contributed by atoms with van der Waals surface area (Å²) in [5.41, 5.74) is 5.71. The topological polar surface area (TPSA) is 99.1 Å². The minimum Gasteiger partial charge on any atom is -0.487 e. The maximum Gasteiger partial charge on any atom is 0.228 e. The number of ether oxygens (including phenoxy) is 1. The second-order valence-corrected chi connectivity index (χ2v) is 4.34. The first kappa shape index (κ1) is 12.6. The smallest absolute Gasteiger partial charge is 0.228 e. The van der Waals surface area contributed by atoms with Gasteiger partial charge >= 0.3 is 0 Å². The van der Waals surface area contributed by atoms with Crippen LogP contribution in [-0.4, -0.2) is 27.7 Å². The summed E-state index contributed by atoms with van der Waals surface area (Å²) in [7, 11) is 0. The zero-order valence-electron chi connectivity index (χ0n) is 10.3. The third-order valence-corrected chi connectivity index (χ3v) is 2.96. The standard InChI is InChI=1S/C10H15N5O2S/c1-3-16-8-9(11)15-18-10(8)12-5-4-7-13-6(2)14-17-7/h12H,3-5H2,1-2H3,(H2,11,15). The summed E-state index contributed by atoms with van der Waals surface area (Å²) < 4.78 is 14.5. The third kappa shape index (κ3) is 2.89. The van der Waals surface area contributed by atoms with Gasteiger partial charge in [-0.2, -0.15) is 9.36 Å². The van der Waals surface area contributed by atoms with Crippen LogP contribution in [0.2, 0.25) is 0 Å². The van der Waals surface area contributed by atoms with E-state index in [0.29, 0.717) is 42.9 Å². The molecule has 3 N–H and O–H groups in total. The molecule has 7 nitrogen and oxygen atoms in total. The molecule has 98 valence electrons. The van der Waals surface area contributed by atoms with Gasteiger partial charge in [-0.1, -0.05) is 5.16 Å².